The van der Waals surface area contributed by atoms with Crippen molar-refractivity contribution >= 4 is 5.69 Å². The Balaban J connectivity index is 2.12. The smallest absolute Gasteiger partial charge is 0.133 e. The summed E-state index contributed by atoms with van der Waals surface area (Å²) in [5.74, 6) is 2.22. The zero-order chi connectivity index (χ0) is 14.4. The van der Waals surface area contributed by atoms with Gasteiger partial charge < -0.3 is 15.2 Å². The Bertz CT molecular complexity index is 549. The van der Waals surface area contributed by atoms with Gasteiger partial charge in [0.25, 0.3) is 0 Å². The Hall–Kier alpha value is -2.16. The summed E-state index contributed by atoms with van der Waals surface area (Å²) in [6.45, 7) is 4.72. The van der Waals surface area contributed by atoms with E-state index in [9.17, 15) is 0 Å². The Labute approximate surface area is 120 Å². The monoisotopic (exact) mass is 271 g/mol. The van der Waals surface area contributed by atoms with Crippen LogP contribution in [0.3, 0.4) is 0 Å². The van der Waals surface area contributed by atoms with Crippen LogP contribution in [-0.4, -0.2) is 6.61 Å². The lowest BCUT2D eigenvalue weighted by Gasteiger charge is -2.10. The summed E-state index contributed by atoms with van der Waals surface area (Å²) in [5, 5.41) is 0. The number of anilines is 1. The van der Waals surface area contributed by atoms with Crippen molar-refractivity contribution in [1.29, 1.82) is 0 Å². The van der Waals surface area contributed by atoms with Gasteiger partial charge in [0.2, 0.25) is 0 Å². The highest BCUT2D eigenvalue weighted by molar-refractivity contribution is 5.51. The average Bonchev–Trinajstić information content (AvgIpc) is 2.41. The van der Waals surface area contributed by atoms with Crippen LogP contribution in [0.2, 0.25) is 0 Å². The standard InChI is InChI=1S/C17H21NO2/c1-3-5-13-6-8-15(9-7-13)20-17-11-14(18)10-16(12-17)19-4-2/h6-12H,3-5,18H2,1-2H3. The van der Waals surface area contributed by atoms with Crippen LogP contribution in [0.4, 0.5) is 5.69 Å². The largest absolute Gasteiger partial charge is 0.494 e. The third-order valence-electron chi connectivity index (χ3n) is 2.91. The molecule has 0 atom stereocenters. The molecule has 0 bridgehead atoms. The van der Waals surface area contributed by atoms with Crippen LogP contribution in [0.15, 0.2) is 42.5 Å². The average molecular weight is 271 g/mol. The van der Waals surface area contributed by atoms with Crippen LogP contribution in [0, 0.1) is 0 Å². The molecule has 0 aliphatic carbocycles. The van der Waals surface area contributed by atoms with Crippen LogP contribution in [0.1, 0.15) is 25.8 Å². The molecular formula is C17H21NO2. The number of benzene rings is 2. The van der Waals surface area contributed by atoms with Crippen LogP contribution in [-0.2, 0) is 6.42 Å². The molecule has 3 nitrogen and oxygen atoms in total. The van der Waals surface area contributed by atoms with Crippen molar-refractivity contribution in [3.63, 3.8) is 0 Å². The number of nitrogens with two attached hydrogens (primary N) is 1. The van der Waals surface area contributed by atoms with E-state index in [-0.39, 0.29) is 0 Å². The Morgan fingerprint density at radius 1 is 0.900 bits per heavy atom. The number of aryl methyl sites for hydroxylation is 1. The zero-order valence-electron chi connectivity index (χ0n) is 12.1. The summed E-state index contributed by atoms with van der Waals surface area (Å²) in [6.07, 6.45) is 2.24. The quantitative estimate of drug-likeness (QED) is 0.791. The van der Waals surface area contributed by atoms with E-state index in [0.717, 1.165) is 24.3 Å². The van der Waals surface area contributed by atoms with E-state index in [1.165, 1.54) is 5.56 Å². The molecule has 0 saturated carbocycles. The SMILES string of the molecule is CCCc1ccc(Oc2cc(N)cc(OCC)c2)cc1. The van der Waals surface area contributed by atoms with Crippen molar-refractivity contribution in [1.82, 2.24) is 0 Å². The lowest BCUT2D eigenvalue weighted by Crippen LogP contribution is -1.95. The Kier molecular flexibility index (Phi) is 4.88. The molecule has 0 aliphatic rings. The maximum Gasteiger partial charge on any atom is 0.133 e. The van der Waals surface area contributed by atoms with Crippen LogP contribution in [0.25, 0.3) is 0 Å². The molecule has 0 aliphatic heterocycles. The molecule has 2 aromatic carbocycles. The molecule has 2 rings (SSSR count). The first-order chi connectivity index (χ1) is 9.71. The first kappa shape index (κ1) is 14.3. The topological polar surface area (TPSA) is 44.5 Å². The summed E-state index contributed by atoms with van der Waals surface area (Å²) in [4.78, 5) is 0. The molecule has 0 saturated heterocycles. The van der Waals surface area contributed by atoms with Crippen LogP contribution in [0.5, 0.6) is 17.2 Å². The lowest BCUT2D eigenvalue weighted by molar-refractivity contribution is 0.338. The molecule has 0 amide bonds. The fourth-order valence-electron chi connectivity index (χ4n) is 2.05. The van der Waals surface area contributed by atoms with Crippen LogP contribution >= 0.6 is 0 Å². The van der Waals surface area contributed by atoms with Gasteiger partial charge in [-0.25, -0.2) is 0 Å². The number of nitrogen functional groups attached to an aromatic ring is 1. The van der Waals surface area contributed by atoms with Crippen molar-refractivity contribution in [2.24, 2.45) is 0 Å². The predicted molar refractivity (Wildman–Crippen MR) is 82.5 cm³/mol. The molecule has 0 fully saturated rings. The van der Waals surface area contributed by atoms with Crippen molar-refractivity contribution in [2.75, 3.05) is 12.3 Å². The summed E-state index contributed by atoms with van der Waals surface area (Å²) in [5.41, 5.74) is 7.80. The van der Waals surface area contributed by atoms with Gasteiger partial charge in [0.15, 0.2) is 0 Å². The van der Waals surface area contributed by atoms with Crippen molar-refractivity contribution in [2.45, 2.75) is 26.7 Å². The van der Waals surface area contributed by atoms with E-state index in [4.69, 9.17) is 15.2 Å². The Morgan fingerprint density at radius 3 is 2.25 bits per heavy atom. The summed E-state index contributed by atoms with van der Waals surface area (Å²) >= 11 is 0. The van der Waals surface area contributed by atoms with Crippen molar-refractivity contribution in [3.05, 3.63) is 48.0 Å². The van der Waals surface area contributed by atoms with Gasteiger partial charge in [0.05, 0.1) is 6.61 Å². The van der Waals surface area contributed by atoms with E-state index in [0.29, 0.717) is 18.0 Å². The molecule has 0 aromatic heterocycles. The molecule has 0 heterocycles. The molecule has 20 heavy (non-hydrogen) atoms. The summed E-state index contributed by atoms with van der Waals surface area (Å²) in [6, 6.07) is 13.6. The Morgan fingerprint density at radius 2 is 1.60 bits per heavy atom. The van der Waals surface area contributed by atoms with Gasteiger partial charge >= 0.3 is 0 Å². The molecule has 3 heteroatoms. The first-order valence-electron chi connectivity index (χ1n) is 7.01. The fraction of sp³-hybridized carbons (Fsp3) is 0.294. The molecule has 0 unspecified atom stereocenters. The number of hydrogen-bond acceptors (Lipinski definition) is 3. The number of ether oxygens (including phenoxy) is 2. The third-order valence-corrected chi connectivity index (χ3v) is 2.91. The fourth-order valence-corrected chi connectivity index (χ4v) is 2.05. The number of rotatable bonds is 6. The van der Waals surface area contributed by atoms with E-state index in [1.54, 1.807) is 12.1 Å². The van der Waals surface area contributed by atoms with Gasteiger partial charge in [0, 0.05) is 23.9 Å². The highest BCUT2D eigenvalue weighted by atomic mass is 16.5. The zero-order valence-corrected chi connectivity index (χ0v) is 12.1. The van der Waals surface area contributed by atoms with Crippen molar-refractivity contribution in [3.8, 4) is 17.2 Å². The predicted octanol–water partition coefficient (Wildman–Crippen LogP) is 4.41. The molecule has 106 valence electrons. The van der Waals surface area contributed by atoms with E-state index >= 15 is 0 Å². The summed E-state index contributed by atoms with van der Waals surface area (Å²) < 4.78 is 11.3. The van der Waals surface area contributed by atoms with Crippen LogP contribution < -0.4 is 15.2 Å². The normalized spacial score (nSPS) is 10.3. The minimum absolute atomic E-state index is 0.606. The van der Waals surface area contributed by atoms with E-state index in [2.05, 4.69) is 19.1 Å². The van der Waals surface area contributed by atoms with Crippen molar-refractivity contribution < 1.29 is 9.47 Å². The van der Waals surface area contributed by atoms with Gasteiger partial charge in [-0.1, -0.05) is 25.5 Å². The second-order valence-corrected chi connectivity index (χ2v) is 4.67. The summed E-state index contributed by atoms with van der Waals surface area (Å²) in [7, 11) is 0. The molecule has 2 N–H and O–H groups in total. The van der Waals surface area contributed by atoms with Gasteiger partial charge in [-0.3, -0.25) is 0 Å². The first-order valence-corrected chi connectivity index (χ1v) is 7.01. The molecule has 0 radical (unpaired) electrons. The molecule has 2 aromatic rings. The van der Waals surface area contributed by atoms with Gasteiger partial charge in [-0.15, -0.1) is 0 Å². The van der Waals surface area contributed by atoms with E-state index in [1.807, 2.05) is 25.1 Å². The number of hydrogen-bond donors (Lipinski definition) is 1. The van der Waals surface area contributed by atoms with Gasteiger partial charge in [0.1, 0.15) is 17.2 Å². The highest BCUT2D eigenvalue weighted by Gasteiger charge is 2.03. The minimum atomic E-state index is 0.606. The van der Waals surface area contributed by atoms with E-state index < -0.39 is 0 Å². The maximum absolute atomic E-state index is 5.85. The minimum Gasteiger partial charge on any atom is -0.494 e. The lowest BCUT2D eigenvalue weighted by atomic mass is 10.1. The third kappa shape index (κ3) is 3.92. The van der Waals surface area contributed by atoms with Gasteiger partial charge in [-0.05, 0) is 31.0 Å². The molecular weight excluding hydrogens is 250 g/mol. The second kappa shape index (κ2) is 6.85. The molecule has 0 spiro atoms. The van der Waals surface area contributed by atoms with Gasteiger partial charge in [-0.2, -0.15) is 0 Å². The second-order valence-electron chi connectivity index (χ2n) is 4.67. The highest BCUT2D eigenvalue weighted by Crippen LogP contribution is 2.28. The maximum atomic E-state index is 5.85.